The summed E-state index contributed by atoms with van der Waals surface area (Å²) in [6.45, 7) is 4.12. The van der Waals surface area contributed by atoms with Crippen molar-refractivity contribution >= 4 is 41.5 Å². The Morgan fingerprint density at radius 3 is 2.77 bits per heavy atom. The third-order valence-corrected chi connectivity index (χ3v) is 5.39. The van der Waals surface area contributed by atoms with E-state index >= 15 is 0 Å². The molecule has 1 saturated heterocycles. The van der Waals surface area contributed by atoms with Crippen molar-refractivity contribution in [3.8, 4) is 0 Å². The predicted molar refractivity (Wildman–Crippen MR) is 93.1 cm³/mol. The van der Waals surface area contributed by atoms with Gasteiger partial charge in [0.2, 0.25) is 5.91 Å². The van der Waals surface area contributed by atoms with Crippen molar-refractivity contribution in [2.24, 2.45) is 11.8 Å². The van der Waals surface area contributed by atoms with Crippen LogP contribution in [0.15, 0.2) is 18.2 Å². The maximum atomic E-state index is 12.4. The topological polar surface area (TPSA) is 41.1 Å². The zero-order chi connectivity index (χ0) is 15.0. The maximum absolute atomic E-state index is 12.4. The molecule has 3 nitrogen and oxygen atoms in total. The summed E-state index contributed by atoms with van der Waals surface area (Å²) >= 11 is 12.0. The molecule has 22 heavy (non-hydrogen) atoms. The van der Waals surface area contributed by atoms with Gasteiger partial charge < -0.3 is 10.6 Å². The summed E-state index contributed by atoms with van der Waals surface area (Å²) in [7, 11) is 0. The van der Waals surface area contributed by atoms with Crippen LogP contribution in [0.1, 0.15) is 31.2 Å². The molecule has 1 aliphatic carbocycles. The lowest BCUT2D eigenvalue weighted by Gasteiger charge is -2.30. The molecule has 4 unspecified atom stereocenters. The van der Waals surface area contributed by atoms with Crippen molar-refractivity contribution in [3.05, 3.63) is 33.8 Å². The molecule has 2 aliphatic rings. The molecule has 6 heteroatoms. The standard InChI is InChI=1S/C16H20Cl2N2O.ClH/c1-9-4-5-19-8-15(9)20-16(21)12-7-11(12)10-2-3-13(17)14(18)6-10;/h2-3,6,9,11-12,15,19H,4-5,7-8H2,1H3,(H,20,21);1H. The van der Waals surface area contributed by atoms with Crippen LogP contribution in [0.4, 0.5) is 0 Å². The molecule has 3 rings (SSSR count). The van der Waals surface area contributed by atoms with Crippen LogP contribution < -0.4 is 10.6 Å². The maximum Gasteiger partial charge on any atom is 0.224 e. The van der Waals surface area contributed by atoms with Crippen LogP contribution in [0.3, 0.4) is 0 Å². The molecule has 1 heterocycles. The summed E-state index contributed by atoms with van der Waals surface area (Å²) < 4.78 is 0. The lowest BCUT2D eigenvalue weighted by molar-refractivity contribution is -0.123. The van der Waals surface area contributed by atoms with E-state index in [9.17, 15) is 4.79 Å². The first-order chi connectivity index (χ1) is 10.1. The SMILES string of the molecule is CC1CCNCC1NC(=O)C1CC1c1ccc(Cl)c(Cl)c1.Cl. The summed E-state index contributed by atoms with van der Waals surface area (Å²) in [5.41, 5.74) is 1.11. The minimum Gasteiger partial charge on any atom is -0.352 e. The van der Waals surface area contributed by atoms with Gasteiger partial charge in [-0.2, -0.15) is 0 Å². The monoisotopic (exact) mass is 362 g/mol. The van der Waals surface area contributed by atoms with Gasteiger partial charge in [-0.25, -0.2) is 0 Å². The van der Waals surface area contributed by atoms with Crippen LogP contribution in [-0.4, -0.2) is 25.0 Å². The van der Waals surface area contributed by atoms with Crippen molar-refractivity contribution in [1.82, 2.24) is 10.6 Å². The highest BCUT2D eigenvalue weighted by Gasteiger charge is 2.44. The van der Waals surface area contributed by atoms with E-state index in [1.54, 1.807) is 6.07 Å². The molecular weight excluding hydrogens is 343 g/mol. The third-order valence-electron chi connectivity index (χ3n) is 4.65. The molecule has 1 aromatic rings. The Balaban J connectivity index is 0.00000176. The first kappa shape index (κ1) is 17.9. The van der Waals surface area contributed by atoms with E-state index in [0.717, 1.165) is 31.5 Å². The molecule has 0 spiro atoms. The van der Waals surface area contributed by atoms with E-state index in [1.165, 1.54) is 0 Å². The minimum atomic E-state index is 0. The number of hydrogen-bond acceptors (Lipinski definition) is 2. The number of carbonyl (C=O) groups excluding carboxylic acids is 1. The zero-order valence-electron chi connectivity index (χ0n) is 12.4. The Morgan fingerprint density at radius 2 is 2.09 bits per heavy atom. The van der Waals surface area contributed by atoms with Crippen LogP contribution in [0.25, 0.3) is 0 Å². The average Bonchev–Trinajstić information content (AvgIpc) is 3.25. The summed E-state index contributed by atoms with van der Waals surface area (Å²) in [4.78, 5) is 12.4. The normalized spacial score (nSPS) is 30.3. The fourth-order valence-electron chi connectivity index (χ4n) is 3.07. The molecule has 0 bridgehead atoms. The van der Waals surface area contributed by atoms with Crippen molar-refractivity contribution in [1.29, 1.82) is 0 Å². The van der Waals surface area contributed by atoms with Crippen molar-refractivity contribution < 1.29 is 4.79 Å². The molecule has 1 aromatic carbocycles. The summed E-state index contributed by atoms with van der Waals surface area (Å²) in [5.74, 6) is 1.08. The van der Waals surface area contributed by atoms with Crippen molar-refractivity contribution in [2.75, 3.05) is 13.1 Å². The number of hydrogen-bond donors (Lipinski definition) is 2. The first-order valence-electron chi connectivity index (χ1n) is 7.52. The van der Waals surface area contributed by atoms with Gasteiger partial charge in [0.1, 0.15) is 0 Å². The predicted octanol–water partition coefficient (Wildman–Crippen LogP) is 3.63. The second kappa shape index (κ2) is 7.39. The second-order valence-electron chi connectivity index (χ2n) is 6.21. The quantitative estimate of drug-likeness (QED) is 0.861. The van der Waals surface area contributed by atoms with E-state index < -0.39 is 0 Å². The van der Waals surface area contributed by atoms with E-state index in [2.05, 4.69) is 17.6 Å². The van der Waals surface area contributed by atoms with Crippen LogP contribution in [0.5, 0.6) is 0 Å². The van der Waals surface area contributed by atoms with Gasteiger partial charge in [-0.05, 0) is 48.9 Å². The minimum absolute atomic E-state index is 0. The van der Waals surface area contributed by atoms with Gasteiger partial charge in [-0.1, -0.05) is 36.2 Å². The Morgan fingerprint density at radius 1 is 1.32 bits per heavy atom. The van der Waals surface area contributed by atoms with Crippen LogP contribution in [0, 0.1) is 11.8 Å². The lowest BCUT2D eigenvalue weighted by Crippen LogP contribution is -2.50. The number of nitrogens with one attached hydrogen (secondary N) is 2. The van der Waals surface area contributed by atoms with E-state index in [-0.39, 0.29) is 36.2 Å². The second-order valence-corrected chi connectivity index (χ2v) is 7.02. The number of benzene rings is 1. The van der Waals surface area contributed by atoms with Gasteiger partial charge in [0.15, 0.2) is 0 Å². The molecule has 4 atom stereocenters. The summed E-state index contributed by atoms with van der Waals surface area (Å²) in [5, 5.41) is 7.66. The number of amides is 1. The fraction of sp³-hybridized carbons (Fsp3) is 0.562. The number of halogens is 3. The third kappa shape index (κ3) is 3.88. The summed E-state index contributed by atoms with van der Waals surface area (Å²) in [6.07, 6.45) is 2.02. The highest BCUT2D eigenvalue weighted by Crippen LogP contribution is 2.48. The van der Waals surface area contributed by atoms with E-state index in [0.29, 0.717) is 16.0 Å². The molecule has 122 valence electrons. The lowest BCUT2D eigenvalue weighted by atomic mass is 9.94. The van der Waals surface area contributed by atoms with Gasteiger partial charge in [0, 0.05) is 18.5 Å². The van der Waals surface area contributed by atoms with Gasteiger partial charge in [-0.3, -0.25) is 4.79 Å². The number of rotatable bonds is 3. The van der Waals surface area contributed by atoms with Crippen LogP contribution in [0.2, 0.25) is 10.0 Å². The smallest absolute Gasteiger partial charge is 0.224 e. The van der Waals surface area contributed by atoms with Crippen molar-refractivity contribution in [3.63, 3.8) is 0 Å². The molecule has 0 aromatic heterocycles. The fourth-order valence-corrected chi connectivity index (χ4v) is 3.38. The molecule has 1 amide bonds. The van der Waals surface area contributed by atoms with Crippen LogP contribution >= 0.6 is 35.6 Å². The molecule has 2 fully saturated rings. The van der Waals surface area contributed by atoms with E-state index in [1.807, 2.05) is 12.1 Å². The van der Waals surface area contributed by atoms with Crippen LogP contribution in [-0.2, 0) is 4.79 Å². The van der Waals surface area contributed by atoms with E-state index in [4.69, 9.17) is 23.2 Å². The first-order valence-corrected chi connectivity index (χ1v) is 8.28. The van der Waals surface area contributed by atoms with Gasteiger partial charge in [-0.15, -0.1) is 12.4 Å². The average molecular weight is 364 g/mol. The number of piperidine rings is 1. The Hall–Kier alpha value is -0.480. The van der Waals surface area contributed by atoms with Gasteiger partial charge >= 0.3 is 0 Å². The Kier molecular flexibility index (Phi) is 6.00. The molecule has 0 radical (unpaired) electrons. The Labute approximate surface area is 147 Å². The highest BCUT2D eigenvalue weighted by atomic mass is 35.5. The van der Waals surface area contributed by atoms with Gasteiger partial charge in [0.25, 0.3) is 0 Å². The zero-order valence-corrected chi connectivity index (χ0v) is 14.8. The largest absolute Gasteiger partial charge is 0.352 e. The summed E-state index contributed by atoms with van der Waals surface area (Å²) in [6, 6.07) is 5.91. The van der Waals surface area contributed by atoms with Gasteiger partial charge in [0.05, 0.1) is 10.0 Å². The molecule has 2 N–H and O–H groups in total. The Bertz CT molecular complexity index is 552. The highest BCUT2D eigenvalue weighted by molar-refractivity contribution is 6.42. The molecule has 1 saturated carbocycles. The molecular formula is C16H21Cl3N2O. The van der Waals surface area contributed by atoms with Crippen molar-refractivity contribution in [2.45, 2.75) is 31.7 Å². The number of carbonyl (C=O) groups is 1. The molecule has 1 aliphatic heterocycles.